The van der Waals surface area contributed by atoms with E-state index in [9.17, 15) is 18.0 Å². The second-order valence-corrected chi connectivity index (χ2v) is 6.86. The number of carbonyl (C=O) groups excluding carboxylic acids is 1. The van der Waals surface area contributed by atoms with Gasteiger partial charge in [0.05, 0.1) is 17.6 Å². The molecule has 98 valence electrons. The van der Waals surface area contributed by atoms with Crippen LogP contribution in [0.2, 0.25) is 0 Å². The molecule has 0 spiro atoms. The molecule has 0 aromatic carbocycles. The Morgan fingerprint density at radius 1 is 1.41 bits per heavy atom. The van der Waals surface area contributed by atoms with Gasteiger partial charge in [-0.2, -0.15) is 0 Å². The second kappa shape index (κ2) is 4.64. The Hall–Kier alpha value is -1.11. The van der Waals surface area contributed by atoms with Gasteiger partial charge in [0.2, 0.25) is 5.91 Å². The number of hydrogen-bond acceptors (Lipinski definition) is 4. The fourth-order valence-electron chi connectivity index (χ4n) is 1.77. The lowest BCUT2D eigenvalue weighted by Gasteiger charge is -2.24. The van der Waals surface area contributed by atoms with Crippen molar-refractivity contribution < 1.29 is 23.1 Å². The smallest absolute Gasteiger partial charge is 0.307 e. The summed E-state index contributed by atoms with van der Waals surface area (Å²) in [5.74, 6) is -2.45. The van der Waals surface area contributed by atoms with Gasteiger partial charge in [0.1, 0.15) is 9.84 Å². The van der Waals surface area contributed by atoms with Crippen LogP contribution in [0.25, 0.3) is 0 Å². The number of rotatable bonds is 5. The summed E-state index contributed by atoms with van der Waals surface area (Å²) in [4.78, 5) is 23.8. The normalized spacial score (nSPS) is 25.1. The Morgan fingerprint density at radius 2 is 1.94 bits per heavy atom. The molecule has 1 aliphatic rings. The molecule has 1 rings (SSSR count). The number of carboxylic acids is 1. The summed E-state index contributed by atoms with van der Waals surface area (Å²) in [6, 6.07) is -0.437. The summed E-state index contributed by atoms with van der Waals surface area (Å²) in [6.45, 7) is 1.64. The summed E-state index contributed by atoms with van der Waals surface area (Å²) >= 11 is 0. The Morgan fingerprint density at radius 3 is 2.29 bits per heavy atom. The van der Waals surface area contributed by atoms with Crippen LogP contribution in [0.3, 0.4) is 0 Å². The fourth-order valence-corrected chi connectivity index (χ4v) is 2.87. The summed E-state index contributed by atoms with van der Waals surface area (Å²) in [6.07, 6.45) is 1.46. The monoisotopic (exact) mass is 263 g/mol. The molecule has 3 atom stereocenters. The number of carbonyl (C=O) groups is 2. The summed E-state index contributed by atoms with van der Waals surface area (Å²) < 4.78 is 22.2. The van der Waals surface area contributed by atoms with E-state index in [2.05, 4.69) is 0 Å². The first-order chi connectivity index (χ1) is 7.63. The van der Waals surface area contributed by atoms with Crippen LogP contribution in [-0.4, -0.2) is 55.4 Å². The van der Waals surface area contributed by atoms with Gasteiger partial charge in [0, 0.05) is 19.3 Å². The van der Waals surface area contributed by atoms with Gasteiger partial charge in [0.25, 0.3) is 0 Å². The van der Waals surface area contributed by atoms with Gasteiger partial charge < -0.3 is 10.0 Å². The molecule has 7 heteroatoms. The maximum Gasteiger partial charge on any atom is 0.307 e. The lowest BCUT2D eigenvalue weighted by Crippen LogP contribution is -2.40. The fraction of sp³-hybridized carbons (Fsp3) is 0.800. The Labute approximate surface area is 101 Å². The molecule has 0 radical (unpaired) electrons. The zero-order chi connectivity index (χ0) is 13.4. The van der Waals surface area contributed by atoms with Gasteiger partial charge in [-0.05, 0) is 13.3 Å². The molecule has 1 N–H and O–H groups in total. The molecule has 6 nitrogen and oxygen atoms in total. The maximum absolute atomic E-state index is 11.8. The van der Waals surface area contributed by atoms with E-state index in [1.54, 1.807) is 6.92 Å². The lowest BCUT2D eigenvalue weighted by molar-refractivity contribution is -0.142. The van der Waals surface area contributed by atoms with Gasteiger partial charge in [-0.25, -0.2) is 8.42 Å². The highest BCUT2D eigenvalue weighted by Crippen LogP contribution is 2.40. The predicted molar refractivity (Wildman–Crippen MR) is 61.2 cm³/mol. The summed E-state index contributed by atoms with van der Waals surface area (Å²) in [5, 5.41) is 8.71. The van der Waals surface area contributed by atoms with Crippen molar-refractivity contribution >= 4 is 21.7 Å². The maximum atomic E-state index is 11.8. The van der Waals surface area contributed by atoms with E-state index in [1.807, 2.05) is 0 Å². The molecular formula is C10H17NO5S. The SMILES string of the molecule is C[C@H](CS(C)(=O)=O)N(C)C(=O)[C@H]1C[C@@H]1C(=O)O. The highest BCUT2D eigenvalue weighted by molar-refractivity contribution is 7.90. The zero-order valence-corrected chi connectivity index (χ0v) is 10.9. The summed E-state index contributed by atoms with van der Waals surface area (Å²) in [5.41, 5.74) is 0. The lowest BCUT2D eigenvalue weighted by atomic mass is 10.2. The van der Waals surface area contributed by atoms with Crippen molar-refractivity contribution in [3.63, 3.8) is 0 Å². The van der Waals surface area contributed by atoms with Crippen molar-refractivity contribution in [2.75, 3.05) is 19.1 Å². The molecule has 0 bridgehead atoms. The van der Waals surface area contributed by atoms with E-state index in [0.29, 0.717) is 6.42 Å². The molecule has 0 aromatic heterocycles. The Bertz CT molecular complexity index is 430. The van der Waals surface area contributed by atoms with E-state index in [0.717, 1.165) is 6.26 Å². The van der Waals surface area contributed by atoms with Crippen molar-refractivity contribution in [3.05, 3.63) is 0 Å². The van der Waals surface area contributed by atoms with Crippen LogP contribution >= 0.6 is 0 Å². The molecule has 1 amide bonds. The first-order valence-electron chi connectivity index (χ1n) is 5.30. The minimum absolute atomic E-state index is 0.111. The molecule has 1 aliphatic carbocycles. The third-order valence-electron chi connectivity index (χ3n) is 2.98. The molecule has 0 heterocycles. The zero-order valence-electron chi connectivity index (χ0n) is 10.1. The van der Waals surface area contributed by atoms with Crippen LogP contribution < -0.4 is 0 Å². The number of nitrogens with zero attached hydrogens (tertiary/aromatic N) is 1. The second-order valence-electron chi connectivity index (χ2n) is 4.68. The van der Waals surface area contributed by atoms with E-state index >= 15 is 0 Å². The highest BCUT2D eigenvalue weighted by Gasteiger charge is 2.49. The van der Waals surface area contributed by atoms with E-state index in [4.69, 9.17) is 5.11 Å². The van der Waals surface area contributed by atoms with Crippen molar-refractivity contribution in [2.24, 2.45) is 11.8 Å². The molecular weight excluding hydrogens is 246 g/mol. The third-order valence-corrected chi connectivity index (χ3v) is 4.07. The van der Waals surface area contributed by atoms with Gasteiger partial charge >= 0.3 is 5.97 Å². The van der Waals surface area contributed by atoms with Crippen molar-refractivity contribution in [3.8, 4) is 0 Å². The van der Waals surface area contributed by atoms with Crippen molar-refractivity contribution in [1.29, 1.82) is 0 Å². The minimum atomic E-state index is -3.15. The number of carboxylic acid groups (broad SMARTS) is 1. The van der Waals surface area contributed by atoms with Crippen LogP contribution in [0.5, 0.6) is 0 Å². The topological polar surface area (TPSA) is 91.8 Å². The quantitative estimate of drug-likeness (QED) is 0.728. The predicted octanol–water partition coefficient (Wildman–Crippen LogP) is -0.401. The van der Waals surface area contributed by atoms with Crippen molar-refractivity contribution in [1.82, 2.24) is 4.90 Å². The first kappa shape index (κ1) is 14.0. The van der Waals surface area contributed by atoms with Gasteiger partial charge in [-0.3, -0.25) is 9.59 Å². The minimum Gasteiger partial charge on any atom is -0.481 e. The molecule has 1 saturated carbocycles. The molecule has 0 aromatic rings. The average molecular weight is 263 g/mol. The Kier molecular flexibility index (Phi) is 3.81. The molecule has 0 aliphatic heterocycles. The Balaban J connectivity index is 2.56. The van der Waals surface area contributed by atoms with E-state index in [-0.39, 0.29) is 11.7 Å². The molecule has 0 saturated heterocycles. The van der Waals surface area contributed by atoms with Crippen LogP contribution in [0.4, 0.5) is 0 Å². The van der Waals surface area contributed by atoms with Crippen LogP contribution in [-0.2, 0) is 19.4 Å². The van der Waals surface area contributed by atoms with Crippen LogP contribution in [0, 0.1) is 11.8 Å². The molecule has 1 fully saturated rings. The summed E-state index contributed by atoms with van der Waals surface area (Å²) in [7, 11) is -1.64. The number of amides is 1. The van der Waals surface area contributed by atoms with Crippen molar-refractivity contribution in [2.45, 2.75) is 19.4 Å². The standard InChI is InChI=1S/C10H17NO5S/c1-6(5-17(3,15)16)11(2)9(12)7-4-8(7)10(13)14/h6-8H,4-5H2,1-3H3,(H,13,14)/t6-,7+,8+/m1/s1. The number of aliphatic carboxylic acids is 1. The molecule has 0 unspecified atom stereocenters. The average Bonchev–Trinajstić information content (AvgIpc) is 2.91. The van der Waals surface area contributed by atoms with Gasteiger partial charge in [-0.1, -0.05) is 0 Å². The number of sulfone groups is 1. The molecule has 17 heavy (non-hydrogen) atoms. The van der Waals surface area contributed by atoms with Crippen LogP contribution in [0.15, 0.2) is 0 Å². The van der Waals surface area contributed by atoms with Gasteiger partial charge in [-0.15, -0.1) is 0 Å². The van der Waals surface area contributed by atoms with E-state index in [1.165, 1.54) is 11.9 Å². The highest BCUT2D eigenvalue weighted by atomic mass is 32.2. The number of hydrogen-bond donors (Lipinski definition) is 1. The largest absolute Gasteiger partial charge is 0.481 e. The van der Waals surface area contributed by atoms with E-state index < -0.39 is 33.7 Å². The first-order valence-corrected chi connectivity index (χ1v) is 7.36. The third kappa shape index (κ3) is 3.69. The van der Waals surface area contributed by atoms with Crippen LogP contribution in [0.1, 0.15) is 13.3 Å². The van der Waals surface area contributed by atoms with Gasteiger partial charge in [0.15, 0.2) is 0 Å².